The van der Waals surface area contributed by atoms with E-state index in [2.05, 4.69) is 16.7 Å². The SMILES string of the molecule is C=CCn1c(=NC(=O)c2nn(C)cc2C)sc2cc(OCC)ccc21. The van der Waals surface area contributed by atoms with Crippen molar-refractivity contribution in [3.63, 3.8) is 0 Å². The predicted molar refractivity (Wildman–Crippen MR) is 99.0 cm³/mol. The summed E-state index contributed by atoms with van der Waals surface area (Å²) in [7, 11) is 1.79. The van der Waals surface area contributed by atoms with E-state index < -0.39 is 0 Å². The molecule has 0 aliphatic rings. The van der Waals surface area contributed by atoms with Crippen LogP contribution in [0.4, 0.5) is 0 Å². The molecule has 25 heavy (non-hydrogen) atoms. The van der Waals surface area contributed by atoms with Crippen LogP contribution in [0.5, 0.6) is 5.75 Å². The van der Waals surface area contributed by atoms with Crippen molar-refractivity contribution in [1.82, 2.24) is 14.3 Å². The van der Waals surface area contributed by atoms with E-state index in [1.165, 1.54) is 11.3 Å². The van der Waals surface area contributed by atoms with Gasteiger partial charge in [0, 0.05) is 25.4 Å². The molecule has 7 heteroatoms. The molecule has 0 aliphatic carbocycles. The number of aromatic nitrogens is 3. The van der Waals surface area contributed by atoms with E-state index in [0.717, 1.165) is 21.5 Å². The van der Waals surface area contributed by atoms with Gasteiger partial charge in [-0.3, -0.25) is 9.48 Å². The molecular formula is C18H20N4O2S. The highest BCUT2D eigenvalue weighted by Crippen LogP contribution is 2.23. The summed E-state index contributed by atoms with van der Waals surface area (Å²) in [5, 5.41) is 4.20. The van der Waals surface area contributed by atoms with Gasteiger partial charge >= 0.3 is 0 Å². The summed E-state index contributed by atoms with van der Waals surface area (Å²) < 4.78 is 10.2. The largest absolute Gasteiger partial charge is 0.494 e. The summed E-state index contributed by atoms with van der Waals surface area (Å²) in [5.74, 6) is 0.466. The molecule has 0 spiro atoms. The van der Waals surface area contributed by atoms with Crippen molar-refractivity contribution >= 4 is 27.5 Å². The molecular weight excluding hydrogens is 336 g/mol. The lowest BCUT2D eigenvalue weighted by Crippen LogP contribution is -2.16. The monoisotopic (exact) mass is 356 g/mol. The number of benzene rings is 1. The number of carbonyl (C=O) groups is 1. The Morgan fingerprint density at radius 3 is 2.92 bits per heavy atom. The molecule has 3 aromatic rings. The molecule has 2 aromatic heterocycles. The van der Waals surface area contributed by atoms with Gasteiger partial charge in [-0.25, -0.2) is 0 Å². The lowest BCUT2D eigenvalue weighted by molar-refractivity contribution is 0.0992. The van der Waals surface area contributed by atoms with E-state index in [9.17, 15) is 4.79 Å². The summed E-state index contributed by atoms with van der Waals surface area (Å²) in [6.07, 6.45) is 3.60. The van der Waals surface area contributed by atoms with Crippen molar-refractivity contribution in [2.45, 2.75) is 20.4 Å². The van der Waals surface area contributed by atoms with E-state index in [-0.39, 0.29) is 5.91 Å². The first-order valence-electron chi connectivity index (χ1n) is 8.00. The number of fused-ring (bicyclic) bond motifs is 1. The Bertz CT molecular complexity index is 1010. The molecule has 0 unspecified atom stereocenters. The summed E-state index contributed by atoms with van der Waals surface area (Å²) >= 11 is 1.45. The van der Waals surface area contributed by atoms with Crippen molar-refractivity contribution < 1.29 is 9.53 Å². The van der Waals surface area contributed by atoms with Crippen LogP contribution in [0.15, 0.2) is 42.0 Å². The molecule has 1 amide bonds. The molecule has 0 radical (unpaired) electrons. The van der Waals surface area contributed by atoms with Crippen molar-refractivity contribution in [3.8, 4) is 5.75 Å². The number of carbonyl (C=O) groups excluding carboxylic acids is 1. The summed E-state index contributed by atoms with van der Waals surface area (Å²) in [6, 6.07) is 5.88. The van der Waals surface area contributed by atoms with Crippen LogP contribution >= 0.6 is 11.3 Å². The first-order chi connectivity index (χ1) is 12.0. The number of aryl methyl sites for hydroxylation is 2. The number of thiazole rings is 1. The highest BCUT2D eigenvalue weighted by Gasteiger charge is 2.14. The number of hydrogen-bond donors (Lipinski definition) is 0. The topological polar surface area (TPSA) is 61.4 Å². The maximum absolute atomic E-state index is 12.6. The van der Waals surface area contributed by atoms with Gasteiger partial charge in [-0.2, -0.15) is 10.1 Å². The molecule has 0 N–H and O–H groups in total. The Morgan fingerprint density at radius 2 is 2.28 bits per heavy atom. The van der Waals surface area contributed by atoms with Crippen LogP contribution in [-0.2, 0) is 13.6 Å². The lowest BCUT2D eigenvalue weighted by atomic mass is 10.3. The van der Waals surface area contributed by atoms with Crippen molar-refractivity contribution in [2.24, 2.45) is 12.0 Å². The normalized spacial score (nSPS) is 11.9. The third-order valence-corrected chi connectivity index (χ3v) is 4.73. The second kappa shape index (κ2) is 7.06. The van der Waals surface area contributed by atoms with Gasteiger partial charge in [0.05, 0.1) is 16.8 Å². The molecule has 1 aromatic carbocycles. The van der Waals surface area contributed by atoms with Crippen LogP contribution in [0, 0.1) is 6.92 Å². The molecule has 130 valence electrons. The fourth-order valence-corrected chi connectivity index (χ4v) is 3.73. The zero-order valence-corrected chi connectivity index (χ0v) is 15.3. The van der Waals surface area contributed by atoms with E-state index in [4.69, 9.17) is 4.74 Å². The predicted octanol–water partition coefficient (Wildman–Crippen LogP) is 3.07. The first kappa shape index (κ1) is 17.2. The minimum Gasteiger partial charge on any atom is -0.494 e. The molecule has 3 rings (SSSR count). The number of allylic oxidation sites excluding steroid dienone is 1. The van der Waals surface area contributed by atoms with Gasteiger partial charge in [0.25, 0.3) is 5.91 Å². The van der Waals surface area contributed by atoms with E-state index in [0.29, 0.717) is 23.6 Å². The minimum absolute atomic E-state index is 0.340. The van der Waals surface area contributed by atoms with E-state index in [1.807, 2.05) is 36.6 Å². The van der Waals surface area contributed by atoms with Gasteiger partial charge in [0.1, 0.15) is 5.75 Å². The second-order valence-electron chi connectivity index (χ2n) is 5.60. The second-order valence-corrected chi connectivity index (χ2v) is 6.61. The van der Waals surface area contributed by atoms with Crippen LogP contribution in [0.25, 0.3) is 10.2 Å². The number of hydrogen-bond acceptors (Lipinski definition) is 4. The standard InChI is InChI=1S/C18H20N4O2S/c1-5-9-22-14-8-7-13(24-6-2)10-15(14)25-18(22)19-17(23)16-12(3)11-21(4)20-16/h5,7-8,10-11H,1,6,9H2,2-4H3. The summed E-state index contributed by atoms with van der Waals surface area (Å²) in [6.45, 7) is 8.79. The van der Waals surface area contributed by atoms with Crippen molar-refractivity contribution in [1.29, 1.82) is 0 Å². The van der Waals surface area contributed by atoms with Gasteiger partial charge in [-0.15, -0.1) is 6.58 Å². The van der Waals surface area contributed by atoms with Gasteiger partial charge < -0.3 is 9.30 Å². The molecule has 0 bridgehead atoms. The summed E-state index contributed by atoms with van der Waals surface area (Å²) in [5.41, 5.74) is 2.18. The van der Waals surface area contributed by atoms with Crippen LogP contribution in [0.3, 0.4) is 0 Å². The quantitative estimate of drug-likeness (QED) is 0.660. The zero-order chi connectivity index (χ0) is 18.0. The highest BCUT2D eigenvalue weighted by molar-refractivity contribution is 7.16. The fourth-order valence-electron chi connectivity index (χ4n) is 2.66. The van der Waals surface area contributed by atoms with Crippen molar-refractivity contribution in [2.75, 3.05) is 6.61 Å². The number of nitrogens with zero attached hydrogens (tertiary/aromatic N) is 4. The molecule has 0 saturated heterocycles. The van der Waals surface area contributed by atoms with Gasteiger partial charge in [-0.1, -0.05) is 17.4 Å². The third-order valence-electron chi connectivity index (χ3n) is 3.69. The highest BCUT2D eigenvalue weighted by atomic mass is 32.1. The zero-order valence-electron chi connectivity index (χ0n) is 14.5. The number of amides is 1. The average molecular weight is 356 g/mol. The van der Waals surface area contributed by atoms with Gasteiger partial charge in [0.15, 0.2) is 10.5 Å². The molecule has 2 heterocycles. The molecule has 6 nitrogen and oxygen atoms in total. The maximum atomic E-state index is 12.6. The third kappa shape index (κ3) is 3.41. The molecule has 0 fully saturated rings. The average Bonchev–Trinajstić information content (AvgIpc) is 3.08. The molecule has 0 saturated carbocycles. The molecule has 0 atom stereocenters. The van der Waals surface area contributed by atoms with Gasteiger partial charge in [0.2, 0.25) is 0 Å². The fraction of sp³-hybridized carbons (Fsp3) is 0.278. The van der Waals surface area contributed by atoms with E-state index in [1.54, 1.807) is 24.0 Å². The minimum atomic E-state index is -0.340. The first-order valence-corrected chi connectivity index (χ1v) is 8.81. The Hall–Kier alpha value is -2.67. The van der Waals surface area contributed by atoms with Crippen LogP contribution in [0.1, 0.15) is 23.0 Å². The number of ether oxygens (including phenoxy) is 1. The van der Waals surface area contributed by atoms with Crippen LogP contribution in [-0.4, -0.2) is 26.9 Å². The van der Waals surface area contributed by atoms with E-state index >= 15 is 0 Å². The van der Waals surface area contributed by atoms with Crippen molar-refractivity contribution in [3.05, 3.63) is 53.1 Å². The Labute approximate surface area is 149 Å². The summed E-state index contributed by atoms with van der Waals surface area (Å²) in [4.78, 5) is 17.5. The number of rotatable bonds is 5. The Kier molecular flexibility index (Phi) is 4.85. The Morgan fingerprint density at radius 1 is 1.48 bits per heavy atom. The van der Waals surface area contributed by atoms with Crippen LogP contribution in [0.2, 0.25) is 0 Å². The lowest BCUT2D eigenvalue weighted by Gasteiger charge is -2.04. The Balaban J connectivity index is 2.13. The maximum Gasteiger partial charge on any atom is 0.300 e. The smallest absolute Gasteiger partial charge is 0.300 e. The van der Waals surface area contributed by atoms with Crippen LogP contribution < -0.4 is 9.54 Å². The molecule has 0 aliphatic heterocycles. The van der Waals surface area contributed by atoms with Gasteiger partial charge in [-0.05, 0) is 32.0 Å².